The minimum atomic E-state index is -0.0441. The second kappa shape index (κ2) is 10.8. The lowest BCUT2D eigenvalue weighted by Crippen LogP contribution is -2.43. The van der Waals surface area contributed by atoms with Crippen LogP contribution in [0, 0.1) is 0 Å². The molecule has 5 nitrogen and oxygen atoms in total. The first-order valence-corrected chi connectivity index (χ1v) is 8.80. The minimum absolute atomic E-state index is 0.0417. The Morgan fingerprint density at radius 1 is 1.00 bits per heavy atom. The first kappa shape index (κ1) is 20.2. The van der Waals surface area contributed by atoms with Crippen molar-refractivity contribution in [2.75, 3.05) is 32.7 Å². The molecule has 0 saturated heterocycles. The summed E-state index contributed by atoms with van der Waals surface area (Å²) in [6.45, 7) is 10.6. The quantitative estimate of drug-likeness (QED) is 0.688. The van der Waals surface area contributed by atoms with E-state index in [1.807, 2.05) is 18.7 Å². The number of carbonyl (C=O) groups excluding carboxylic acids is 2. The topological polar surface area (TPSA) is 61.4 Å². The van der Waals surface area contributed by atoms with Gasteiger partial charge in [-0.15, -0.1) is 0 Å². The minimum Gasteiger partial charge on any atom is -0.355 e. The van der Waals surface area contributed by atoms with Crippen molar-refractivity contribution in [3.63, 3.8) is 0 Å². The molecule has 0 unspecified atom stereocenters. The Labute approximate surface area is 145 Å². The Morgan fingerprint density at radius 3 is 2.08 bits per heavy atom. The van der Waals surface area contributed by atoms with Crippen LogP contribution in [0.15, 0.2) is 24.3 Å². The van der Waals surface area contributed by atoms with Crippen molar-refractivity contribution in [2.24, 2.45) is 0 Å². The molecule has 24 heavy (non-hydrogen) atoms. The zero-order valence-corrected chi connectivity index (χ0v) is 15.4. The van der Waals surface area contributed by atoms with Gasteiger partial charge in [-0.05, 0) is 36.9 Å². The molecule has 0 aliphatic rings. The maximum absolute atomic E-state index is 12.0. The van der Waals surface area contributed by atoms with Crippen LogP contribution < -0.4 is 10.6 Å². The van der Waals surface area contributed by atoms with Crippen molar-refractivity contribution >= 4 is 11.8 Å². The molecule has 0 radical (unpaired) electrons. The van der Waals surface area contributed by atoms with Crippen molar-refractivity contribution < 1.29 is 9.59 Å². The third-order valence-corrected chi connectivity index (χ3v) is 3.94. The summed E-state index contributed by atoms with van der Waals surface area (Å²) in [4.78, 5) is 25.4. The molecule has 0 saturated carbocycles. The van der Waals surface area contributed by atoms with Gasteiger partial charge >= 0.3 is 0 Å². The molecule has 1 rings (SSSR count). The van der Waals surface area contributed by atoms with Gasteiger partial charge in [0.05, 0.1) is 13.1 Å². The van der Waals surface area contributed by atoms with E-state index in [9.17, 15) is 9.59 Å². The summed E-state index contributed by atoms with van der Waals surface area (Å²) in [6, 6.07) is 8.53. The van der Waals surface area contributed by atoms with E-state index in [1.165, 1.54) is 11.1 Å². The smallest absolute Gasteiger partial charge is 0.234 e. The molecule has 0 fully saturated rings. The number of amides is 2. The molecule has 0 aliphatic carbocycles. The summed E-state index contributed by atoms with van der Waals surface area (Å²) in [7, 11) is 0. The Balaban J connectivity index is 2.33. The molecule has 0 atom stereocenters. The molecule has 2 amide bonds. The number of nitrogens with zero attached hydrogens (tertiary/aromatic N) is 1. The Hall–Kier alpha value is -1.88. The molecule has 1 aromatic carbocycles. The van der Waals surface area contributed by atoms with Gasteiger partial charge in [0, 0.05) is 13.1 Å². The van der Waals surface area contributed by atoms with Gasteiger partial charge in [0.2, 0.25) is 11.8 Å². The van der Waals surface area contributed by atoms with E-state index in [0.29, 0.717) is 25.6 Å². The number of rotatable bonds is 10. The molecule has 2 N–H and O–H groups in total. The lowest BCUT2D eigenvalue weighted by atomic mass is 10.0. The zero-order valence-electron chi connectivity index (χ0n) is 15.4. The number of carbonyl (C=O) groups is 2. The van der Waals surface area contributed by atoms with Gasteiger partial charge in [-0.3, -0.25) is 14.5 Å². The maximum atomic E-state index is 12.0. The van der Waals surface area contributed by atoms with E-state index >= 15 is 0 Å². The van der Waals surface area contributed by atoms with Gasteiger partial charge in [-0.2, -0.15) is 0 Å². The molecule has 0 aromatic heterocycles. The van der Waals surface area contributed by atoms with Crippen molar-refractivity contribution in [3.05, 3.63) is 35.4 Å². The molecule has 0 spiro atoms. The largest absolute Gasteiger partial charge is 0.355 e. The first-order chi connectivity index (χ1) is 11.5. The van der Waals surface area contributed by atoms with Crippen molar-refractivity contribution in [2.45, 2.75) is 40.0 Å². The van der Waals surface area contributed by atoms with E-state index < -0.39 is 0 Å². The zero-order chi connectivity index (χ0) is 17.9. The van der Waals surface area contributed by atoms with Crippen LogP contribution in [0.4, 0.5) is 0 Å². The van der Waals surface area contributed by atoms with Crippen molar-refractivity contribution in [3.8, 4) is 0 Å². The van der Waals surface area contributed by atoms with Gasteiger partial charge in [0.25, 0.3) is 0 Å². The SMILES string of the molecule is CCNC(=O)CN(CC)CC(=O)NCCc1ccc(C(C)C)cc1. The summed E-state index contributed by atoms with van der Waals surface area (Å²) in [5.41, 5.74) is 2.54. The van der Waals surface area contributed by atoms with Gasteiger partial charge in [0.1, 0.15) is 0 Å². The van der Waals surface area contributed by atoms with Crippen LogP contribution in [0.25, 0.3) is 0 Å². The molecular weight excluding hydrogens is 302 g/mol. The van der Waals surface area contributed by atoms with E-state index in [4.69, 9.17) is 0 Å². The summed E-state index contributed by atoms with van der Waals surface area (Å²) in [6.07, 6.45) is 0.812. The van der Waals surface area contributed by atoms with Crippen LogP contribution in [-0.4, -0.2) is 49.4 Å². The van der Waals surface area contributed by atoms with E-state index in [-0.39, 0.29) is 24.9 Å². The van der Waals surface area contributed by atoms with Crippen LogP contribution in [0.5, 0.6) is 0 Å². The van der Waals surface area contributed by atoms with Gasteiger partial charge in [0.15, 0.2) is 0 Å². The van der Waals surface area contributed by atoms with Crippen LogP contribution >= 0.6 is 0 Å². The van der Waals surface area contributed by atoms with E-state index in [2.05, 4.69) is 48.7 Å². The highest BCUT2D eigenvalue weighted by Crippen LogP contribution is 2.14. The normalized spacial score (nSPS) is 10.9. The fourth-order valence-corrected chi connectivity index (χ4v) is 2.41. The van der Waals surface area contributed by atoms with E-state index in [1.54, 1.807) is 0 Å². The van der Waals surface area contributed by atoms with Crippen LogP contribution in [-0.2, 0) is 16.0 Å². The van der Waals surface area contributed by atoms with Crippen LogP contribution in [0.2, 0.25) is 0 Å². The number of benzene rings is 1. The first-order valence-electron chi connectivity index (χ1n) is 8.80. The monoisotopic (exact) mass is 333 g/mol. The summed E-state index contributed by atoms with van der Waals surface area (Å²) >= 11 is 0. The molecule has 1 aromatic rings. The Kier molecular flexibility index (Phi) is 9.08. The predicted molar refractivity (Wildman–Crippen MR) is 98.0 cm³/mol. The number of nitrogens with one attached hydrogen (secondary N) is 2. The molecule has 134 valence electrons. The molecule has 0 aliphatic heterocycles. The average Bonchev–Trinajstić information content (AvgIpc) is 2.54. The average molecular weight is 333 g/mol. The highest BCUT2D eigenvalue weighted by Gasteiger charge is 2.12. The lowest BCUT2D eigenvalue weighted by molar-refractivity contribution is -0.125. The predicted octanol–water partition coefficient (Wildman–Crippen LogP) is 1.93. The van der Waals surface area contributed by atoms with E-state index in [0.717, 1.165) is 6.42 Å². The Bertz CT molecular complexity index is 512. The second-order valence-electron chi connectivity index (χ2n) is 6.25. The third-order valence-electron chi connectivity index (χ3n) is 3.94. The molecular formula is C19H31N3O2. The summed E-state index contributed by atoms with van der Waals surface area (Å²) in [5, 5.41) is 5.67. The van der Waals surface area contributed by atoms with Crippen molar-refractivity contribution in [1.82, 2.24) is 15.5 Å². The maximum Gasteiger partial charge on any atom is 0.234 e. The molecule has 5 heteroatoms. The Morgan fingerprint density at radius 2 is 1.58 bits per heavy atom. The summed E-state index contributed by atoms with van der Waals surface area (Å²) in [5.74, 6) is 0.445. The van der Waals surface area contributed by atoms with Gasteiger partial charge in [-0.1, -0.05) is 45.0 Å². The number of likely N-dealkylation sites (N-methyl/N-ethyl adjacent to an activating group) is 2. The van der Waals surface area contributed by atoms with Crippen molar-refractivity contribution in [1.29, 1.82) is 0 Å². The summed E-state index contributed by atoms with van der Waals surface area (Å²) < 4.78 is 0. The van der Waals surface area contributed by atoms with Crippen LogP contribution in [0.1, 0.15) is 44.7 Å². The molecule has 0 heterocycles. The van der Waals surface area contributed by atoms with Gasteiger partial charge < -0.3 is 10.6 Å². The fourth-order valence-electron chi connectivity index (χ4n) is 2.41. The standard InChI is InChI=1S/C19H31N3O2/c1-5-20-18(23)13-22(6-2)14-19(24)21-12-11-16-7-9-17(10-8-16)15(3)4/h7-10,15H,5-6,11-14H2,1-4H3,(H,20,23)(H,21,24). The fraction of sp³-hybridized carbons (Fsp3) is 0.579. The number of hydrogen-bond acceptors (Lipinski definition) is 3. The highest BCUT2D eigenvalue weighted by atomic mass is 16.2. The number of hydrogen-bond donors (Lipinski definition) is 2. The van der Waals surface area contributed by atoms with Gasteiger partial charge in [-0.25, -0.2) is 0 Å². The lowest BCUT2D eigenvalue weighted by Gasteiger charge is -2.19. The molecule has 0 bridgehead atoms. The highest BCUT2D eigenvalue weighted by molar-refractivity contribution is 5.81. The van der Waals surface area contributed by atoms with Crippen LogP contribution in [0.3, 0.4) is 0 Å². The second-order valence-corrected chi connectivity index (χ2v) is 6.25. The third kappa shape index (κ3) is 7.59.